The first kappa shape index (κ1) is 20.3. The predicted octanol–water partition coefficient (Wildman–Crippen LogP) is 2.79. The lowest BCUT2D eigenvalue weighted by Crippen LogP contribution is -2.54. The fraction of sp³-hybridized carbons (Fsp3) is 0.450. The van der Waals surface area contributed by atoms with Crippen molar-refractivity contribution in [2.75, 3.05) is 31.1 Å². The van der Waals surface area contributed by atoms with Crippen LogP contribution in [0.25, 0.3) is 0 Å². The number of esters is 1. The molecular formula is C20H25N3O4S. The summed E-state index contributed by atoms with van der Waals surface area (Å²) in [5, 5.41) is 2.87. The molecule has 7 nitrogen and oxygen atoms in total. The van der Waals surface area contributed by atoms with Crippen molar-refractivity contribution in [1.82, 2.24) is 9.88 Å². The van der Waals surface area contributed by atoms with Crippen LogP contribution in [0, 0.1) is 13.8 Å². The number of carbonyl (C=O) groups is 3. The zero-order valence-corrected chi connectivity index (χ0v) is 17.4. The Bertz CT molecular complexity index is 888. The van der Waals surface area contributed by atoms with E-state index < -0.39 is 12.0 Å². The molecule has 0 radical (unpaired) electrons. The van der Waals surface area contributed by atoms with Crippen LogP contribution >= 0.6 is 11.3 Å². The average molecular weight is 404 g/mol. The number of nitrogens with one attached hydrogen (secondary N) is 1. The zero-order valence-electron chi connectivity index (χ0n) is 16.6. The number of thiophene rings is 1. The molecule has 0 spiro atoms. The van der Waals surface area contributed by atoms with Crippen molar-refractivity contribution in [2.24, 2.45) is 0 Å². The molecule has 8 heteroatoms. The Kier molecular flexibility index (Phi) is 6.00. The molecule has 2 aromatic heterocycles. The van der Waals surface area contributed by atoms with Gasteiger partial charge >= 0.3 is 5.97 Å². The van der Waals surface area contributed by atoms with E-state index in [1.165, 1.54) is 11.3 Å². The van der Waals surface area contributed by atoms with E-state index in [0.717, 1.165) is 5.00 Å². The van der Waals surface area contributed by atoms with Crippen LogP contribution in [-0.2, 0) is 9.53 Å². The molecule has 1 aliphatic heterocycles. The molecule has 28 heavy (non-hydrogen) atoms. The first-order valence-electron chi connectivity index (χ1n) is 9.33. The number of aromatic nitrogens is 1. The highest BCUT2D eigenvalue weighted by Crippen LogP contribution is 2.25. The summed E-state index contributed by atoms with van der Waals surface area (Å²) >= 11 is 1.53. The Labute approximate surface area is 168 Å². The number of aryl methyl sites for hydroxylation is 1. The maximum absolute atomic E-state index is 13.1. The third-order valence-electron chi connectivity index (χ3n) is 5.11. The van der Waals surface area contributed by atoms with Gasteiger partial charge < -0.3 is 14.6 Å². The van der Waals surface area contributed by atoms with Crippen LogP contribution in [0.5, 0.6) is 0 Å². The van der Waals surface area contributed by atoms with Gasteiger partial charge in [-0.1, -0.05) is 0 Å². The second-order valence-electron chi connectivity index (χ2n) is 6.85. The highest BCUT2D eigenvalue weighted by molar-refractivity contribution is 7.14. The maximum Gasteiger partial charge on any atom is 0.340 e. The van der Waals surface area contributed by atoms with Gasteiger partial charge in [-0.05, 0) is 50.8 Å². The molecule has 1 saturated heterocycles. The minimum atomic E-state index is -0.471. The molecule has 1 amide bonds. The molecule has 3 rings (SSSR count). The lowest BCUT2D eigenvalue weighted by Gasteiger charge is -2.36. The van der Waals surface area contributed by atoms with E-state index in [1.54, 1.807) is 32.6 Å². The number of H-pyrrole nitrogens is 1. The van der Waals surface area contributed by atoms with Crippen molar-refractivity contribution in [3.8, 4) is 0 Å². The summed E-state index contributed by atoms with van der Waals surface area (Å²) < 4.78 is 5.09. The molecule has 0 aromatic carbocycles. The Morgan fingerprint density at radius 2 is 2.07 bits per heavy atom. The van der Waals surface area contributed by atoms with Gasteiger partial charge in [0, 0.05) is 18.8 Å². The van der Waals surface area contributed by atoms with Crippen LogP contribution in [0.1, 0.15) is 46.0 Å². The fourth-order valence-electron chi connectivity index (χ4n) is 3.56. The number of amides is 1. The topological polar surface area (TPSA) is 82.7 Å². The lowest BCUT2D eigenvalue weighted by molar-refractivity contribution is -0.121. The summed E-state index contributed by atoms with van der Waals surface area (Å²) in [6.07, 6.45) is 0. The summed E-state index contributed by atoms with van der Waals surface area (Å²) in [6, 6.07) is 3.37. The van der Waals surface area contributed by atoms with E-state index >= 15 is 0 Å². The third-order valence-corrected chi connectivity index (χ3v) is 6.00. The van der Waals surface area contributed by atoms with Crippen LogP contribution in [0.2, 0.25) is 0 Å². The summed E-state index contributed by atoms with van der Waals surface area (Å²) in [5.74, 6) is -0.575. The van der Waals surface area contributed by atoms with Gasteiger partial charge in [-0.25, -0.2) is 4.79 Å². The zero-order chi connectivity index (χ0) is 20.4. The van der Waals surface area contributed by atoms with E-state index in [4.69, 9.17) is 4.74 Å². The van der Waals surface area contributed by atoms with Crippen molar-refractivity contribution in [1.29, 1.82) is 0 Å². The summed E-state index contributed by atoms with van der Waals surface area (Å²) in [7, 11) is 0. The summed E-state index contributed by atoms with van der Waals surface area (Å²) in [6.45, 7) is 8.67. The number of aromatic amines is 1. The molecule has 1 N–H and O–H groups in total. The van der Waals surface area contributed by atoms with Crippen LogP contribution in [-0.4, -0.2) is 59.8 Å². The highest BCUT2D eigenvalue weighted by Gasteiger charge is 2.33. The molecule has 1 fully saturated rings. The van der Waals surface area contributed by atoms with Crippen molar-refractivity contribution >= 4 is 34.0 Å². The van der Waals surface area contributed by atoms with Crippen molar-refractivity contribution < 1.29 is 19.1 Å². The first-order valence-corrected chi connectivity index (χ1v) is 10.2. The molecule has 1 aliphatic rings. The Balaban J connectivity index is 1.74. The Morgan fingerprint density at radius 3 is 2.68 bits per heavy atom. The van der Waals surface area contributed by atoms with Crippen LogP contribution in [0.3, 0.4) is 0 Å². The number of piperazine rings is 1. The number of hydrogen-bond acceptors (Lipinski definition) is 6. The van der Waals surface area contributed by atoms with Gasteiger partial charge in [-0.2, -0.15) is 0 Å². The SMILES string of the molecule is CCOC(=O)c1c(C)[nH]c(C(=O)[C@H](C)N2CCN(c3cccs3)C(=O)C2)c1C. The lowest BCUT2D eigenvalue weighted by atomic mass is 10.0. The number of rotatable bonds is 6. The van der Waals surface area contributed by atoms with E-state index in [9.17, 15) is 14.4 Å². The van der Waals surface area contributed by atoms with Crippen molar-refractivity contribution in [3.05, 3.63) is 40.0 Å². The molecular weight excluding hydrogens is 378 g/mol. The van der Waals surface area contributed by atoms with Crippen LogP contribution < -0.4 is 4.90 Å². The Hall–Kier alpha value is -2.45. The van der Waals surface area contributed by atoms with Crippen molar-refractivity contribution in [2.45, 2.75) is 33.7 Å². The second kappa shape index (κ2) is 8.28. The minimum absolute atomic E-state index is 0.0139. The molecule has 2 aromatic rings. The largest absolute Gasteiger partial charge is 0.462 e. The smallest absolute Gasteiger partial charge is 0.340 e. The Morgan fingerprint density at radius 1 is 1.32 bits per heavy atom. The van der Waals surface area contributed by atoms with Crippen LogP contribution in [0.4, 0.5) is 5.00 Å². The van der Waals surface area contributed by atoms with E-state index in [2.05, 4.69) is 4.98 Å². The average Bonchev–Trinajstić information content (AvgIpc) is 3.28. The molecule has 0 saturated carbocycles. The fourth-order valence-corrected chi connectivity index (χ4v) is 4.33. The quantitative estimate of drug-likeness (QED) is 0.592. The first-order chi connectivity index (χ1) is 13.3. The van der Waals surface area contributed by atoms with E-state index in [0.29, 0.717) is 35.6 Å². The van der Waals surface area contributed by atoms with E-state index in [-0.39, 0.29) is 24.8 Å². The molecule has 3 heterocycles. The molecule has 0 aliphatic carbocycles. The van der Waals surface area contributed by atoms with Gasteiger partial charge in [0.15, 0.2) is 5.78 Å². The number of ketones is 1. The van der Waals surface area contributed by atoms with Gasteiger partial charge in [0.1, 0.15) is 0 Å². The molecule has 0 unspecified atom stereocenters. The maximum atomic E-state index is 13.1. The van der Waals surface area contributed by atoms with Gasteiger partial charge in [0.05, 0.1) is 35.5 Å². The van der Waals surface area contributed by atoms with Gasteiger partial charge in [-0.15, -0.1) is 11.3 Å². The standard InChI is InChI=1S/C20H25N3O4S/c1-5-27-20(26)17-12(2)18(21-13(17)3)19(25)14(4)22-8-9-23(15(24)11-22)16-7-6-10-28-16/h6-7,10,14,21H,5,8-9,11H2,1-4H3/t14-/m0/s1. The number of ether oxygens (including phenoxy) is 1. The van der Waals surface area contributed by atoms with Gasteiger partial charge in [0.2, 0.25) is 5.91 Å². The molecule has 0 bridgehead atoms. The summed E-state index contributed by atoms with van der Waals surface area (Å²) in [5.41, 5.74) is 2.03. The molecule has 150 valence electrons. The minimum Gasteiger partial charge on any atom is -0.462 e. The second-order valence-corrected chi connectivity index (χ2v) is 7.78. The third kappa shape index (κ3) is 3.74. The monoisotopic (exact) mass is 403 g/mol. The van der Waals surface area contributed by atoms with Crippen LogP contribution in [0.15, 0.2) is 17.5 Å². The normalized spacial score (nSPS) is 16.3. The molecule has 1 atom stereocenters. The number of anilines is 1. The van der Waals surface area contributed by atoms with E-state index in [1.807, 2.05) is 22.4 Å². The number of Topliss-reactive ketones (excluding diaryl/α,β-unsaturated/α-hetero) is 1. The number of hydrogen-bond donors (Lipinski definition) is 1. The predicted molar refractivity (Wildman–Crippen MR) is 108 cm³/mol. The summed E-state index contributed by atoms with van der Waals surface area (Å²) in [4.78, 5) is 44.5. The highest BCUT2D eigenvalue weighted by atomic mass is 32.1. The number of nitrogens with zero attached hydrogens (tertiary/aromatic N) is 2. The van der Waals surface area contributed by atoms with Gasteiger partial charge in [0.25, 0.3) is 0 Å². The van der Waals surface area contributed by atoms with Crippen molar-refractivity contribution in [3.63, 3.8) is 0 Å². The van der Waals surface area contributed by atoms with Gasteiger partial charge in [-0.3, -0.25) is 14.5 Å². The number of carbonyl (C=O) groups excluding carboxylic acids is 3.